The third kappa shape index (κ3) is 2.89. The van der Waals surface area contributed by atoms with Crippen LogP contribution in [0.25, 0.3) is 0 Å². The Morgan fingerprint density at radius 3 is 2.68 bits per heavy atom. The number of fused-ring (bicyclic) bond motifs is 7. The number of aliphatic hydroxyl groups is 2. The van der Waals surface area contributed by atoms with Gasteiger partial charge in [0.25, 0.3) is 0 Å². The Labute approximate surface area is 201 Å². The molecule has 1 unspecified atom stereocenters. The van der Waals surface area contributed by atoms with Crippen molar-refractivity contribution in [2.75, 3.05) is 6.61 Å². The summed E-state index contributed by atoms with van der Waals surface area (Å²) < 4.78 is 13.3. The molecule has 0 amide bonds. The first kappa shape index (κ1) is 23.1. The van der Waals surface area contributed by atoms with Crippen LogP contribution in [0.2, 0.25) is 0 Å². The fraction of sp³-hybridized carbons (Fsp3) is 0.786. The highest BCUT2D eigenvalue weighted by molar-refractivity contribution is 6.01. The Morgan fingerprint density at radius 1 is 1.18 bits per heavy atom. The molecule has 5 aliphatic carbocycles. The van der Waals surface area contributed by atoms with Gasteiger partial charge in [-0.3, -0.25) is 9.59 Å². The molecular formula is C28H38O6. The molecule has 0 aromatic heterocycles. The van der Waals surface area contributed by atoms with E-state index in [1.807, 2.05) is 6.08 Å². The number of carbonyl (C=O) groups is 2. The lowest BCUT2D eigenvalue weighted by Crippen LogP contribution is -2.63. The first-order valence-electron chi connectivity index (χ1n) is 13.3. The fourth-order valence-electron chi connectivity index (χ4n) is 9.33. The van der Waals surface area contributed by atoms with Crippen LogP contribution in [-0.4, -0.2) is 52.5 Å². The van der Waals surface area contributed by atoms with Gasteiger partial charge >= 0.3 is 0 Å². The highest BCUT2D eigenvalue weighted by Crippen LogP contribution is 2.70. The Kier molecular flexibility index (Phi) is 5.31. The minimum absolute atomic E-state index is 0.0100. The van der Waals surface area contributed by atoms with Crippen molar-refractivity contribution in [3.05, 3.63) is 23.8 Å². The molecular weight excluding hydrogens is 432 g/mol. The molecule has 6 rings (SSSR count). The number of ketones is 2. The summed E-state index contributed by atoms with van der Waals surface area (Å²) in [5.41, 5.74) is -1.04. The van der Waals surface area contributed by atoms with Crippen LogP contribution in [-0.2, 0) is 19.1 Å². The molecule has 186 valence electrons. The molecule has 0 bridgehead atoms. The topological polar surface area (TPSA) is 93.1 Å². The lowest BCUT2D eigenvalue weighted by molar-refractivity contribution is -0.209. The van der Waals surface area contributed by atoms with Crippen LogP contribution in [0.1, 0.15) is 71.6 Å². The van der Waals surface area contributed by atoms with Gasteiger partial charge < -0.3 is 19.7 Å². The Bertz CT molecular complexity index is 949. The van der Waals surface area contributed by atoms with E-state index in [2.05, 4.69) is 13.8 Å². The lowest BCUT2D eigenvalue weighted by Gasteiger charge is -2.59. The molecule has 1 heterocycles. The van der Waals surface area contributed by atoms with Gasteiger partial charge in [-0.2, -0.15) is 0 Å². The zero-order valence-electron chi connectivity index (χ0n) is 20.4. The van der Waals surface area contributed by atoms with Crippen molar-refractivity contribution in [2.24, 2.45) is 34.5 Å². The van der Waals surface area contributed by atoms with E-state index in [4.69, 9.17) is 9.47 Å². The molecule has 1 saturated heterocycles. The van der Waals surface area contributed by atoms with Crippen molar-refractivity contribution in [1.29, 1.82) is 0 Å². The standard InChI is InChI=1S/C28H38O6/c1-26-11-10-18(30)12-17(26)8-9-19-20-13-23-28(22(32)15-29,27(20,2)14-21(31)24(19)26)34-25(33-23)16-6-4-3-5-7-16/h10-12,16,19-21,23-25,29,31H,3-9,13-15H2,1-2H3/t19-,20+,21-,23+,24+,25?,26-,27-,28+/m0/s1. The Morgan fingerprint density at radius 2 is 1.94 bits per heavy atom. The maximum atomic E-state index is 13.5. The molecule has 6 aliphatic rings. The third-order valence-electron chi connectivity index (χ3n) is 10.8. The van der Waals surface area contributed by atoms with E-state index in [0.717, 1.165) is 50.5 Å². The predicted molar refractivity (Wildman–Crippen MR) is 125 cm³/mol. The van der Waals surface area contributed by atoms with Gasteiger partial charge in [-0.05, 0) is 62.5 Å². The van der Waals surface area contributed by atoms with Gasteiger partial charge in [0.1, 0.15) is 6.61 Å². The normalized spacial score (nSPS) is 50.2. The largest absolute Gasteiger partial charge is 0.393 e. The van der Waals surface area contributed by atoms with Crippen LogP contribution >= 0.6 is 0 Å². The number of hydrogen-bond donors (Lipinski definition) is 2. The number of carbonyl (C=O) groups excluding carboxylic acids is 2. The fourth-order valence-corrected chi connectivity index (χ4v) is 9.33. The van der Waals surface area contributed by atoms with Gasteiger partial charge in [-0.25, -0.2) is 0 Å². The van der Waals surface area contributed by atoms with Crippen molar-refractivity contribution < 1.29 is 29.3 Å². The second-order valence-electron chi connectivity index (χ2n) is 12.3. The first-order chi connectivity index (χ1) is 16.2. The molecule has 6 heteroatoms. The predicted octanol–water partition coefficient (Wildman–Crippen LogP) is 3.50. The smallest absolute Gasteiger partial charge is 0.193 e. The minimum Gasteiger partial charge on any atom is -0.393 e. The quantitative estimate of drug-likeness (QED) is 0.656. The number of hydrogen-bond acceptors (Lipinski definition) is 6. The lowest BCUT2D eigenvalue weighted by atomic mass is 9.46. The highest BCUT2D eigenvalue weighted by Gasteiger charge is 2.76. The van der Waals surface area contributed by atoms with Crippen LogP contribution < -0.4 is 0 Å². The molecule has 0 spiro atoms. The van der Waals surface area contributed by atoms with Gasteiger partial charge in [0.05, 0.1) is 12.2 Å². The summed E-state index contributed by atoms with van der Waals surface area (Å²) in [6.45, 7) is 3.69. The summed E-state index contributed by atoms with van der Waals surface area (Å²) in [5.74, 6) is 0.360. The summed E-state index contributed by atoms with van der Waals surface area (Å²) in [7, 11) is 0. The SMILES string of the molecule is C[C@]12C=CC(=O)C=C1CC[C@@H]1[C@@H]2[C@@H](O)C[C@@]2(C)[C@@H]1C[C@H]1OC(C3CCCCC3)O[C@]12C(=O)CO. The van der Waals surface area contributed by atoms with E-state index in [0.29, 0.717) is 6.42 Å². The van der Waals surface area contributed by atoms with Crippen molar-refractivity contribution in [3.63, 3.8) is 0 Å². The van der Waals surface area contributed by atoms with Gasteiger partial charge in [0.15, 0.2) is 23.5 Å². The van der Waals surface area contributed by atoms with Crippen LogP contribution in [0.5, 0.6) is 0 Å². The van der Waals surface area contributed by atoms with Crippen molar-refractivity contribution in [2.45, 2.75) is 95.7 Å². The molecule has 1 aliphatic heterocycles. The van der Waals surface area contributed by atoms with Crippen LogP contribution in [0, 0.1) is 34.5 Å². The summed E-state index contributed by atoms with van der Waals surface area (Å²) in [6.07, 6.45) is 12.5. The van der Waals surface area contributed by atoms with Crippen LogP contribution in [0.15, 0.2) is 23.8 Å². The van der Waals surface area contributed by atoms with Gasteiger partial charge in [-0.15, -0.1) is 0 Å². The maximum Gasteiger partial charge on any atom is 0.193 e. The molecule has 34 heavy (non-hydrogen) atoms. The number of rotatable bonds is 3. The third-order valence-corrected chi connectivity index (χ3v) is 10.8. The summed E-state index contributed by atoms with van der Waals surface area (Å²) in [5, 5.41) is 21.7. The van der Waals surface area contributed by atoms with Crippen molar-refractivity contribution >= 4 is 11.6 Å². The number of Topliss-reactive ketones (excluding diaryl/α,β-unsaturated/α-hetero) is 1. The Hall–Kier alpha value is -1.34. The van der Waals surface area contributed by atoms with Gasteiger partial charge in [0, 0.05) is 22.7 Å². The number of aliphatic hydroxyl groups excluding tert-OH is 2. The molecule has 0 radical (unpaired) electrons. The molecule has 0 aromatic carbocycles. The average Bonchev–Trinajstić information content (AvgIpc) is 3.32. The molecule has 9 atom stereocenters. The van der Waals surface area contributed by atoms with Gasteiger partial charge in [-0.1, -0.05) is 44.8 Å². The van der Waals surface area contributed by atoms with E-state index >= 15 is 0 Å². The second kappa shape index (κ2) is 7.83. The van der Waals surface area contributed by atoms with E-state index in [9.17, 15) is 19.8 Å². The van der Waals surface area contributed by atoms with E-state index in [-0.39, 0.29) is 46.8 Å². The summed E-state index contributed by atoms with van der Waals surface area (Å²) >= 11 is 0. The molecule has 4 saturated carbocycles. The average molecular weight is 471 g/mol. The summed E-state index contributed by atoms with van der Waals surface area (Å²) in [4.78, 5) is 25.6. The first-order valence-corrected chi connectivity index (χ1v) is 13.3. The molecule has 5 fully saturated rings. The monoisotopic (exact) mass is 470 g/mol. The van der Waals surface area contributed by atoms with Crippen LogP contribution in [0.4, 0.5) is 0 Å². The number of ether oxygens (including phenoxy) is 2. The van der Waals surface area contributed by atoms with Gasteiger partial charge in [0.2, 0.25) is 0 Å². The highest BCUT2D eigenvalue weighted by atomic mass is 16.7. The number of allylic oxidation sites excluding steroid dienone is 4. The van der Waals surface area contributed by atoms with E-state index in [1.54, 1.807) is 12.2 Å². The second-order valence-corrected chi connectivity index (χ2v) is 12.3. The minimum atomic E-state index is -1.20. The van der Waals surface area contributed by atoms with Crippen LogP contribution in [0.3, 0.4) is 0 Å². The molecule has 0 aromatic rings. The van der Waals surface area contributed by atoms with E-state index in [1.165, 1.54) is 6.42 Å². The van der Waals surface area contributed by atoms with Crippen molar-refractivity contribution in [1.82, 2.24) is 0 Å². The van der Waals surface area contributed by atoms with Crippen molar-refractivity contribution in [3.8, 4) is 0 Å². The Balaban J connectivity index is 1.37. The van der Waals surface area contributed by atoms with E-state index < -0.39 is 30.0 Å². The zero-order chi connectivity index (χ0) is 23.9. The molecule has 6 nitrogen and oxygen atoms in total. The molecule has 2 N–H and O–H groups in total. The summed E-state index contributed by atoms with van der Waals surface area (Å²) in [6, 6.07) is 0. The maximum absolute atomic E-state index is 13.5. The zero-order valence-corrected chi connectivity index (χ0v) is 20.4.